The van der Waals surface area contributed by atoms with E-state index in [1.807, 2.05) is 12.1 Å². The molecule has 0 saturated heterocycles. The van der Waals surface area contributed by atoms with Crippen LogP contribution in [0, 0.1) is 16.7 Å². The number of alkyl halides is 1. The highest BCUT2D eigenvalue weighted by atomic mass is 35.5. The zero-order chi connectivity index (χ0) is 12.9. The summed E-state index contributed by atoms with van der Waals surface area (Å²) in [5, 5.41) is 11.6. The van der Waals surface area contributed by atoms with Gasteiger partial charge in [-0.15, -0.1) is 11.6 Å². The van der Waals surface area contributed by atoms with Crippen LogP contribution < -0.4 is 5.32 Å². The standard InChI is InChI=1S/C13H15ClN2O/c1-13(2,8-15)9-16-12(17)11-5-3-10(7-14)4-6-11/h3-6H,7,9H2,1-2H3,(H,16,17). The molecule has 17 heavy (non-hydrogen) atoms. The van der Waals surface area contributed by atoms with Crippen molar-refractivity contribution < 1.29 is 4.79 Å². The van der Waals surface area contributed by atoms with Gasteiger partial charge >= 0.3 is 0 Å². The lowest BCUT2D eigenvalue weighted by atomic mass is 9.96. The van der Waals surface area contributed by atoms with Crippen LogP contribution in [0.25, 0.3) is 0 Å². The Hall–Kier alpha value is -1.53. The third kappa shape index (κ3) is 4.08. The lowest BCUT2D eigenvalue weighted by Crippen LogP contribution is -2.33. The van der Waals surface area contributed by atoms with Crippen LogP contribution in [0.4, 0.5) is 0 Å². The molecule has 1 N–H and O–H groups in total. The number of nitriles is 1. The predicted octanol–water partition coefficient (Wildman–Crippen LogP) is 2.70. The molecule has 90 valence electrons. The molecule has 0 bridgehead atoms. The summed E-state index contributed by atoms with van der Waals surface area (Å²) in [4.78, 5) is 11.8. The average Bonchev–Trinajstić information content (AvgIpc) is 2.36. The van der Waals surface area contributed by atoms with Gasteiger partial charge in [-0.25, -0.2) is 0 Å². The minimum atomic E-state index is -0.550. The zero-order valence-corrected chi connectivity index (χ0v) is 10.7. The number of amides is 1. The van der Waals surface area contributed by atoms with E-state index in [-0.39, 0.29) is 5.91 Å². The fraction of sp³-hybridized carbons (Fsp3) is 0.385. The SMILES string of the molecule is CC(C)(C#N)CNC(=O)c1ccc(CCl)cc1. The first kappa shape index (κ1) is 13.5. The molecule has 1 aromatic rings. The van der Waals surface area contributed by atoms with E-state index in [2.05, 4.69) is 11.4 Å². The second-order valence-corrected chi connectivity index (χ2v) is 4.78. The Morgan fingerprint density at radius 3 is 2.47 bits per heavy atom. The van der Waals surface area contributed by atoms with Crippen LogP contribution >= 0.6 is 11.6 Å². The Kier molecular flexibility index (Phi) is 4.53. The van der Waals surface area contributed by atoms with Gasteiger partial charge in [-0.05, 0) is 31.5 Å². The van der Waals surface area contributed by atoms with Gasteiger partial charge in [0.15, 0.2) is 0 Å². The van der Waals surface area contributed by atoms with Crippen LogP contribution in [-0.4, -0.2) is 12.5 Å². The molecule has 1 rings (SSSR count). The topological polar surface area (TPSA) is 52.9 Å². The van der Waals surface area contributed by atoms with Crippen molar-refractivity contribution in [3.05, 3.63) is 35.4 Å². The van der Waals surface area contributed by atoms with E-state index in [1.165, 1.54) is 0 Å². The second kappa shape index (κ2) is 5.70. The van der Waals surface area contributed by atoms with E-state index in [1.54, 1.807) is 26.0 Å². The Labute approximate surface area is 106 Å². The van der Waals surface area contributed by atoms with E-state index < -0.39 is 5.41 Å². The lowest BCUT2D eigenvalue weighted by molar-refractivity contribution is 0.0944. The molecule has 0 aliphatic heterocycles. The summed E-state index contributed by atoms with van der Waals surface area (Å²) < 4.78 is 0. The predicted molar refractivity (Wildman–Crippen MR) is 67.7 cm³/mol. The molecular formula is C13H15ClN2O. The lowest BCUT2D eigenvalue weighted by Gasteiger charge is -2.15. The Bertz CT molecular complexity index is 432. The van der Waals surface area contributed by atoms with Crippen LogP contribution in [0.5, 0.6) is 0 Å². The van der Waals surface area contributed by atoms with Gasteiger partial charge in [0.2, 0.25) is 0 Å². The maximum Gasteiger partial charge on any atom is 0.251 e. The maximum absolute atomic E-state index is 11.8. The molecule has 0 aliphatic rings. The monoisotopic (exact) mass is 250 g/mol. The molecule has 0 spiro atoms. The molecule has 0 heterocycles. The summed E-state index contributed by atoms with van der Waals surface area (Å²) >= 11 is 5.66. The largest absolute Gasteiger partial charge is 0.350 e. The molecule has 0 aromatic heterocycles. The van der Waals surface area contributed by atoms with Crippen LogP contribution in [0.3, 0.4) is 0 Å². The molecule has 0 aliphatic carbocycles. The number of hydrogen-bond acceptors (Lipinski definition) is 2. The van der Waals surface area contributed by atoms with Crippen molar-refractivity contribution >= 4 is 17.5 Å². The average molecular weight is 251 g/mol. The molecule has 0 radical (unpaired) electrons. The summed E-state index contributed by atoms with van der Waals surface area (Å²) in [5.74, 6) is 0.262. The fourth-order valence-corrected chi connectivity index (χ4v) is 1.37. The molecular weight excluding hydrogens is 236 g/mol. The smallest absolute Gasteiger partial charge is 0.251 e. The Balaban J connectivity index is 2.62. The van der Waals surface area contributed by atoms with E-state index in [0.717, 1.165) is 5.56 Å². The zero-order valence-electron chi connectivity index (χ0n) is 9.96. The van der Waals surface area contributed by atoms with Gasteiger partial charge in [0, 0.05) is 18.0 Å². The number of carbonyl (C=O) groups is 1. The highest BCUT2D eigenvalue weighted by molar-refractivity contribution is 6.17. The van der Waals surface area contributed by atoms with Gasteiger partial charge in [-0.2, -0.15) is 5.26 Å². The number of nitrogens with one attached hydrogen (secondary N) is 1. The summed E-state index contributed by atoms with van der Waals surface area (Å²) in [6.07, 6.45) is 0. The van der Waals surface area contributed by atoms with Crippen molar-refractivity contribution in [1.82, 2.24) is 5.32 Å². The third-order valence-electron chi connectivity index (χ3n) is 2.36. The normalized spacial score (nSPS) is 10.7. The van der Waals surface area contributed by atoms with Crippen molar-refractivity contribution in [2.75, 3.05) is 6.54 Å². The molecule has 0 unspecified atom stereocenters. The minimum absolute atomic E-state index is 0.172. The van der Waals surface area contributed by atoms with Gasteiger partial charge in [0.25, 0.3) is 5.91 Å². The first-order valence-electron chi connectivity index (χ1n) is 5.33. The first-order chi connectivity index (χ1) is 7.98. The van der Waals surface area contributed by atoms with E-state index in [9.17, 15) is 4.79 Å². The highest BCUT2D eigenvalue weighted by Gasteiger charge is 2.17. The molecule has 4 heteroatoms. The van der Waals surface area contributed by atoms with Crippen molar-refractivity contribution in [2.45, 2.75) is 19.7 Å². The maximum atomic E-state index is 11.8. The van der Waals surface area contributed by atoms with E-state index >= 15 is 0 Å². The van der Waals surface area contributed by atoms with Crippen molar-refractivity contribution in [3.8, 4) is 6.07 Å². The molecule has 0 fully saturated rings. The number of benzene rings is 1. The number of halogens is 1. The molecule has 0 saturated carbocycles. The van der Waals surface area contributed by atoms with E-state index in [4.69, 9.17) is 16.9 Å². The van der Waals surface area contributed by atoms with Crippen LogP contribution in [0.2, 0.25) is 0 Å². The summed E-state index contributed by atoms with van der Waals surface area (Å²) in [7, 11) is 0. The number of carbonyl (C=O) groups excluding carboxylic acids is 1. The molecule has 3 nitrogen and oxygen atoms in total. The summed E-state index contributed by atoms with van der Waals surface area (Å²) in [5.41, 5.74) is 0.999. The van der Waals surface area contributed by atoms with Gasteiger partial charge in [-0.1, -0.05) is 12.1 Å². The Morgan fingerprint density at radius 2 is 2.00 bits per heavy atom. The summed E-state index contributed by atoms with van der Waals surface area (Å²) in [6.45, 7) is 3.90. The van der Waals surface area contributed by atoms with Crippen molar-refractivity contribution in [2.24, 2.45) is 5.41 Å². The first-order valence-corrected chi connectivity index (χ1v) is 5.86. The van der Waals surface area contributed by atoms with Crippen LogP contribution in [-0.2, 0) is 5.88 Å². The van der Waals surface area contributed by atoms with E-state index in [0.29, 0.717) is 18.0 Å². The van der Waals surface area contributed by atoms with Crippen LogP contribution in [0.15, 0.2) is 24.3 Å². The van der Waals surface area contributed by atoms with Gasteiger partial charge in [0.05, 0.1) is 11.5 Å². The molecule has 1 aromatic carbocycles. The van der Waals surface area contributed by atoms with Crippen molar-refractivity contribution in [3.63, 3.8) is 0 Å². The Morgan fingerprint density at radius 1 is 1.41 bits per heavy atom. The second-order valence-electron chi connectivity index (χ2n) is 4.51. The number of hydrogen-bond donors (Lipinski definition) is 1. The number of rotatable bonds is 4. The fourth-order valence-electron chi connectivity index (χ4n) is 1.19. The molecule has 0 atom stereocenters. The van der Waals surface area contributed by atoms with Gasteiger partial charge in [-0.3, -0.25) is 4.79 Å². The summed E-state index contributed by atoms with van der Waals surface area (Å²) in [6, 6.07) is 9.23. The van der Waals surface area contributed by atoms with Gasteiger partial charge in [0.1, 0.15) is 0 Å². The highest BCUT2D eigenvalue weighted by Crippen LogP contribution is 2.11. The number of nitrogens with zero attached hydrogens (tertiary/aromatic N) is 1. The molecule has 1 amide bonds. The van der Waals surface area contributed by atoms with Gasteiger partial charge < -0.3 is 5.32 Å². The third-order valence-corrected chi connectivity index (χ3v) is 2.67. The van der Waals surface area contributed by atoms with Crippen LogP contribution in [0.1, 0.15) is 29.8 Å². The van der Waals surface area contributed by atoms with Crippen molar-refractivity contribution in [1.29, 1.82) is 5.26 Å². The minimum Gasteiger partial charge on any atom is -0.350 e. The quantitative estimate of drug-likeness (QED) is 0.836.